The Morgan fingerprint density at radius 1 is 1.03 bits per heavy atom. The van der Waals surface area contributed by atoms with Crippen LogP contribution in [0.5, 0.6) is 0 Å². The van der Waals surface area contributed by atoms with Crippen LogP contribution in [0.15, 0.2) is 41.3 Å². The molecule has 1 N–H and O–H groups in total. The molecule has 0 unspecified atom stereocenters. The largest absolute Gasteiger partial charge is 0.446 e. The van der Waals surface area contributed by atoms with Crippen molar-refractivity contribution in [2.45, 2.75) is 10.4 Å². The van der Waals surface area contributed by atoms with Gasteiger partial charge in [0.25, 0.3) is 5.91 Å². The van der Waals surface area contributed by atoms with Crippen molar-refractivity contribution >= 4 is 41.1 Å². The monoisotopic (exact) mass is 454 g/mol. The predicted molar refractivity (Wildman–Crippen MR) is 98.2 cm³/mol. The van der Waals surface area contributed by atoms with Gasteiger partial charge in [-0.1, -0.05) is 6.07 Å². The SMILES string of the molecule is CSCN(C(=O)Nc1ccc(SC(F)(F)F)cc1F)C(=O)c1c(F)cccc1F. The van der Waals surface area contributed by atoms with Crippen LogP contribution < -0.4 is 5.32 Å². The summed E-state index contributed by atoms with van der Waals surface area (Å²) in [5, 5.41) is 2.02. The molecule has 0 spiro atoms. The molecule has 0 aliphatic carbocycles. The number of urea groups is 1. The van der Waals surface area contributed by atoms with Crippen LogP contribution in [-0.4, -0.2) is 34.5 Å². The molecule has 0 bridgehead atoms. The van der Waals surface area contributed by atoms with Gasteiger partial charge in [-0.25, -0.2) is 22.9 Å². The first-order valence-electron chi connectivity index (χ1n) is 7.64. The zero-order valence-corrected chi connectivity index (χ0v) is 16.2. The topological polar surface area (TPSA) is 49.4 Å². The van der Waals surface area contributed by atoms with E-state index in [1.807, 2.05) is 5.32 Å². The van der Waals surface area contributed by atoms with E-state index in [9.17, 15) is 35.9 Å². The Bertz CT molecular complexity index is 903. The number of halogens is 6. The summed E-state index contributed by atoms with van der Waals surface area (Å²) in [5.41, 5.74) is -6.09. The van der Waals surface area contributed by atoms with Gasteiger partial charge in [-0.2, -0.15) is 13.2 Å². The van der Waals surface area contributed by atoms with Gasteiger partial charge in [0, 0.05) is 4.90 Å². The lowest BCUT2D eigenvalue weighted by atomic mass is 10.2. The number of benzene rings is 2. The minimum absolute atomic E-state index is 0.317. The van der Waals surface area contributed by atoms with Crippen molar-refractivity contribution in [1.29, 1.82) is 0 Å². The fourth-order valence-electron chi connectivity index (χ4n) is 2.15. The molecule has 12 heteroatoms. The van der Waals surface area contributed by atoms with Crippen LogP contribution in [0.3, 0.4) is 0 Å². The Hall–Kier alpha value is -2.34. The predicted octanol–water partition coefficient (Wildman–Crippen LogP) is 5.71. The minimum Gasteiger partial charge on any atom is -0.305 e. The minimum atomic E-state index is -4.62. The standard InChI is InChI=1S/C17H12F6N2O2S2/c1-28-8-25(15(26)14-10(18)3-2-4-11(14)19)16(27)24-13-6-5-9(7-12(13)20)29-17(21,22)23/h2-7H,8H2,1H3,(H,24,27). The molecule has 4 nitrogen and oxygen atoms in total. The highest BCUT2D eigenvalue weighted by atomic mass is 32.2. The Kier molecular flexibility index (Phi) is 7.47. The van der Waals surface area contributed by atoms with Crippen molar-refractivity contribution in [3.8, 4) is 0 Å². The third kappa shape index (κ3) is 6.07. The third-order valence-electron chi connectivity index (χ3n) is 3.34. The summed E-state index contributed by atoms with van der Waals surface area (Å²) in [6.45, 7) is 0. The zero-order valence-electron chi connectivity index (χ0n) is 14.5. The Balaban J connectivity index is 2.25. The highest BCUT2D eigenvalue weighted by Gasteiger charge is 2.30. The quantitative estimate of drug-likeness (QED) is 0.357. The molecule has 0 radical (unpaired) electrons. The summed E-state index contributed by atoms with van der Waals surface area (Å²) in [6, 6.07) is 3.87. The maximum Gasteiger partial charge on any atom is 0.446 e. The molecule has 156 valence electrons. The van der Waals surface area contributed by atoms with Crippen molar-refractivity contribution in [2.75, 3.05) is 17.4 Å². The van der Waals surface area contributed by atoms with Gasteiger partial charge in [-0.15, -0.1) is 11.8 Å². The molecule has 0 aliphatic heterocycles. The number of carbonyl (C=O) groups excluding carboxylic acids is 2. The molecule has 0 saturated carbocycles. The maximum atomic E-state index is 14.1. The van der Waals surface area contributed by atoms with E-state index in [4.69, 9.17) is 0 Å². The van der Waals surface area contributed by atoms with E-state index in [1.165, 1.54) is 6.26 Å². The number of nitrogens with one attached hydrogen (secondary N) is 1. The second-order valence-electron chi connectivity index (χ2n) is 5.37. The molecule has 0 aromatic heterocycles. The first-order chi connectivity index (χ1) is 13.5. The number of carbonyl (C=O) groups is 2. The van der Waals surface area contributed by atoms with E-state index in [2.05, 4.69) is 0 Å². The van der Waals surface area contributed by atoms with Gasteiger partial charge in [-0.05, 0) is 48.3 Å². The van der Waals surface area contributed by atoms with Gasteiger partial charge in [0.1, 0.15) is 23.0 Å². The van der Waals surface area contributed by atoms with Gasteiger partial charge in [-0.3, -0.25) is 4.79 Å². The van der Waals surface area contributed by atoms with Crippen LogP contribution in [0.25, 0.3) is 0 Å². The third-order valence-corrected chi connectivity index (χ3v) is 4.58. The highest BCUT2D eigenvalue weighted by molar-refractivity contribution is 8.00. The van der Waals surface area contributed by atoms with Crippen LogP contribution in [0.4, 0.5) is 36.8 Å². The molecule has 0 aliphatic rings. The summed E-state index contributed by atoms with van der Waals surface area (Å²) in [6.07, 6.45) is 1.51. The van der Waals surface area contributed by atoms with Crippen molar-refractivity contribution in [3.63, 3.8) is 0 Å². The smallest absolute Gasteiger partial charge is 0.305 e. The second-order valence-corrected chi connectivity index (χ2v) is 7.34. The van der Waals surface area contributed by atoms with E-state index in [0.29, 0.717) is 11.0 Å². The lowest BCUT2D eigenvalue weighted by Gasteiger charge is -2.21. The second kappa shape index (κ2) is 9.44. The molecule has 3 amide bonds. The van der Waals surface area contributed by atoms with E-state index >= 15 is 0 Å². The number of alkyl halides is 3. The van der Waals surface area contributed by atoms with Crippen LogP contribution in [0.1, 0.15) is 10.4 Å². The average Bonchev–Trinajstić information content (AvgIpc) is 2.60. The molecular formula is C17H12F6N2O2S2. The van der Waals surface area contributed by atoms with Gasteiger partial charge >= 0.3 is 11.5 Å². The molecule has 0 atom stereocenters. The molecule has 2 rings (SSSR count). The molecular weight excluding hydrogens is 442 g/mol. The Labute approximate surface area is 169 Å². The van der Waals surface area contributed by atoms with E-state index in [-0.39, 0.29) is 5.88 Å². The summed E-state index contributed by atoms with van der Waals surface area (Å²) < 4.78 is 78.8. The Morgan fingerprint density at radius 3 is 2.17 bits per heavy atom. The summed E-state index contributed by atoms with van der Waals surface area (Å²) in [7, 11) is 0. The van der Waals surface area contributed by atoms with Gasteiger partial charge in [0.2, 0.25) is 0 Å². The molecule has 0 heterocycles. The number of anilines is 1. The first kappa shape index (κ1) is 22.9. The average molecular weight is 454 g/mol. The lowest BCUT2D eigenvalue weighted by Crippen LogP contribution is -2.40. The number of nitrogens with zero attached hydrogens (tertiary/aromatic N) is 1. The zero-order chi connectivity index (χ0) is 21.8. The molecule has 0 saturated heterocycles. The summed E-state index contributed by atoms with van der Waals surface area (Å²) >= 11 is 0.432. The normalized spacial score (nSPS) is 11.3. The highest BCUT2D eigenvalue weighted by Crippen LogP contribution is 2.37. The molecule has 2 aromatic rings. The first-order valence-corrected chi connectivity index (χ1v) is 9.85. The van der Waals surface area contributed by atoms with E-state index in [1.54, 1.807) is 0 Å². The summed E-state index contributed by atoms with van der Waals surface area (Å²) in [4.78, 5) is 24.8. The van der Waals surface area contributed by atoms with E-state index < -0.39 is 62.8 Å². The van der Waals surface area contributed by atoms with Crippen molar-refractivity contribution in [3.05, 3.63) is 59.4 Å². The van der Waals surface area contributed by atoms with Crippen molar-refractivity contribution in [1.82, 2.24) is 4.90 Å². The fraction of sp³-hybridized carbons (Fsp3) is 0.176. The molecule has 29 heavy (non-hydrogen) atoms. The number of hydrogen-bond donors (Lipinski definition) is 1. The van der Waals surface area contributed by atoms with Crippen LogP contribution in [-0.2, 0) is 0 Å². The van der Waals surface area contributed by atoms with Crippen LogP contribution >= 0.6 is 23.5 Å². The maximum absolute atomic E-state index is 14.1. The number of amides is 3. The number of imide groups is 1. The van der Waals surface area contributed by atoms with Gasteiger partial charge in [0.05, 0.1) is 11.6 Å². The Morgan fingerprint density at radius 2 is 1.66 bits per heavy atom. The fourth-order valence-corrected chi connectivity index (χ4v) is 3.21. The summed E-state index contributed by atoms with van der Waals surface area (Å²) in [5.74, 6) is -5.16. The van der Waals surface area contributed by atoms with Crippen LogP contribution in [0, 0.1) is 17.5 Å². The van der Waals surface area contributed by atoms with Crippen LogP contribution in [0.2, 0.25) is 0 Å². The van der Waals surface area contributed by atoms with Gasteiger partial charge < -0.3 is 5.32 Å². The van der Waals surface area contributed by atoms with E-state index in [0.717, 1.165) is 42.1 Å². The number of rotatable bonds is 5. The lowest BCUT2D eigenvalue weighted by molar-refractivity contribution is -0.0328. The molecule has 2 aromatic carbocycles. The van der Waals surface area contributed by atoms with Crippen molar-refractivity contribution in [2.24, 2.45) is 0 Å². The number of hydrogen-bond acceptors (Lipinski definition) is 4. The van der Waals surface area contributed by atoms with Gasteiger partial charge in [0.15, 0.2) is 0 Å². The molecule has 0 fully saturated rings. The van der Waals surface area contributed by atoms with Crippen molar-refractivity contribution < 1.29 is 35.9 Å². The number of thioether (sulfide) groups is 2.